The molecule has 2 aromatic rings. The SMILES string of the molecule is O=C1C(=O)N(CCOCCO)C(c2cccc(Br)c2)/C1=C(\O)c1ccccc1. The Hall–Kier alpha value is -2.48. The van der Waals surface area contributed by atoms with Gasteiger partial charge in [0.05, 0.1) is 31.4 Å². The van der Waals surface area contributed by atoms with E-state index < -0.39 is 17.7 Å². The molecule has 1 atom stereocenters. The number of hydrogen-bond acceptors (Lipinski definition) is 5. The largest absolute Gasteiger partial charge is 0.507 e. The van der Waals surface area contributed by atoms with Gasteiger partial charge in [0.2, 0.25) is 0 Å². The van der Waals surface area contributed by atoms with Crippen molar-refractivity contribution >= 4 is 33.4 Å². The number of hydrogen-bond donors (Lipinski definition) is 2. The highest BCUT2D eigenvalue weighted by atomic mass is 79.9. The lowest BCUT2D eigenvalue weighted by molar-refractivity contribution is -0.140. The van der Waals surface area contributed by atoms with Crippen molar-refractivity contribution in [2.45, 2.75) is 6.04 Å². The Balaban J connectivity index is 2.06. The lowest BCUT2D eigenvalue weighted by Crippen LogP contribution is -2.33. The monoisotopic (exact) mass is 445 g/mol. The summed E-state index contributed by atoms with van der Waals surface area (Å²) in [4.78, 5) is 26.9. The Bertz CT molecular complexity index is 897. The van der Waals surface area contributed by atoms with Gasteiger partial charge in [0.15, 0.2) is 0 Å². The molecule has 7 heteroatoms. The third kappa shape index (κ3) is 4.16. The molecular weight excluding hydrogens is 426 g/mol. The number of rotatable bonds is 7. The van der Waals surface area contributed by atoms with Gasteiger partial charge >= 0.3 is 0 Å². The van der Waals surface area contributed by atoms with Crippen molar-refractivity contribution in [2.24, 2.45) is 0 Å². The third-order valence-electron chi connectivity index (χ3n) is 4.46. The zero-order valence-corrected chi connectivity index (χ0v) is 16.6. The fourth-order valence-corrected chi connectivity index (χ4v) is 3.63. The van der Waals surface area contributed by atoms with Crippen molar-refractivity contribution in [3.63, 3.8) is 0 Å². The quantitative estimate of drug-likeness (QED) is 0.296. The molecule has 146 valence electrons. The van der Waals surface area contributed by atoms with E-state index in [0.717, 1.165) is 4.47 Å². The average Bonchev–Trinajstić information content (AvgIpc) is 2.96. The summed E-state index contributed by atoms with van der Waals surface area (Å²) < 4.78 is 6.07. The van der Waals surface area contributed by atoms with Crippen LogP contribution >= 0.6 is 15.9 Å². The first-order chi connectivity index (χ1) is 13.5. The van der Waals surface area contributed by atoms with Gasteiger partial charge in [-0.3, -0.25) is 9.59 Å². The molecule has 0 bridgehead atoms. The van der Waals surface area contributed by atoms with Crippen LogP contribution in [0.15, 0.2) is 64.6 Å². The molecule has 2 N–H and O–H groups in total. The molecule has 1 aliphatic rings. The molecule has 2 aromatic carbocycles. The predicted octanol–water partition coefficient (Wildman–Crippen LogP) is 2.88. The number of aliphatic hydroxyl groups excluding tert-OH is 2. The molecule has 1 fully saturated rings. The van der Waals surface area contributed by atoms with Crippen LogP contribution in [0.3, 0.4) is 0 Å². The zero-order valence-electron chi connectivity index (χ0n) is 15.0. The Morgan fingerprint density at radius 1 is 1.07 bits per heavy atom. The zero-order chi connectivity index (χ0) is 20.1. The number of aliphatic hydroxyl groups is 2. The summed E-state index contributed by atoms with van der Waals surface area (Å²) in [5, 5.41) is 19.7. The number of carbonyl (C=O) groups excluding carboxylic acids is 2. The number of carbonyl (C=O) groups is 2. The van der Waals surface area contributed by atoms with Crippen molar-refractivity contribution in [1.29, 1.82) is 0 Å². The van der Waals surface area contributed by atoms with Gasteiger partial charge in [-0.1, -0.05) is 58.4 Å². The number of ether oxygens (including phenoxy) is 1. The highest BCUT2D eigenvalue weighted by Gasteiger charge is 2.45. The van der Waals surface area contributed by atoms with E-state index in [-0.39, 0.29) is 37.7 Å². The second-order valence-electron chi connectivity index (χ2n) is 6.25. The number of ketones is 1. The smallest absolute Gasteiger partial charge is 0.295 e. The molecule has 1 heterocycles. The first-order valence-corrected chi connectivity index (χ1v) is 9.61. The lowest BCUT2D eigenvalue weighted by atomic mass is 9.95. The van der Waals surface area contributed by atoms with E-state index in [1.54, 1.807) is 36.4 Å². The summed E-state index contributed by atoms with van der Waals surface area (Å²) in [6.07, 6.45) is 0. The van der Waals surface area contributed by atoms with Gasteiger partial charge in [-0.25, -0.2) is 0 Å². The summed E-state index contributed by atoms with van der Waals surface area (Å²) in [5.41, 5.74) is 1.22. The number of halogens is 1. The highest BCUT2D eigenvalue weighted by Crippen LogP contribution is 2.39. The minimum atomic E-state index is -0.728. The maximum Gasteiger partial charge on any atom is 0.295 e. The van der Waals surface area contributed by atoms with Crippen LogP contribution in [0, 0.1) is 0 Å². The average molecular weight is 446 g/mol. The first kappa shape index (κ1) is 20.3. The van der Waals surface area contributed by atoms with E-state index in [9.17, 15) is 14.7 Å². The van der Waals surface area contributed by atoms with Crippen LogP contribution in [0.2, 0.25) is 0 Å². The van der Waals surface area contributed by atoms with Crippen molar-refractivity contribution in [3.05, 3.63) is 75.8 Å². The molecule has 0 radical (unpaired) electrons. The highest BCUT2D eigenvalue weighted by molar-refractivity contribution is 9.10. The Morgan fingerprint density at radius 3 is 2.50 bits per heavy atom. The summed E-state index contributed by atoms with van der Waals surface area (Å²) in [7, 11) is 0. The molecule has 0 saturated carbocycles. The summed E-state index contributed by atoms with van der Waals surface area (Å²) >= 11 is 3.42. The van der Waals surface area contributed by atoms with Gasteiger partial charge in [0.1, 0.15) is 5.76 Å². The molecular formula is C21H20BrNO5. The van der Waals surface area contributed by atoms with Gasteiger partial charge in [-0.15, -0.1) is 0 Å². The maximum atomic E-state index is 12.8. The standard InChI is InChI=1S/C21H20BrNO5/c22-16-8-4-7-15(13-16)18-17(19(25)14-5-2-1-3-6-14)20(26)21(27)23(18)9-11-28-12-10-24/h1-8,13,18,24-25H,9-12H2/b19-17+. The van der Waals surface area contributed by atoms with Crippen LogP contribution in [0.25, 0.3) is 5.76 Å². The fourth-order valence-electron chi connectivity index (χ4n) is 3.21. The van der Waals surface area contributed by atoms with Crippen LogP contribution in [0.5, 0.6) is 0 Å². The fraction of sp³-hybridized carbons (Fsp3) is 0.238. The molecule has 3 rings (SSSR count). The third-order valence-corrected chi connectivity index (χ3v) is 4.96. The van der Waals surface area contributed by atoms with Crippen LogP contribution in [0.4, 0.5) is 0 Å². The molecule has 1 aliphatic heterocycles. The molecule has 6 nitrogen and oxygen atoms in total. The van der Waals surface area contributed by atoms with Gasteiger partial charge in [-0.05, 0) is 17.7 Å². The van der Waals surface area contributed by atoms with Gasteiger partial charge in [0, 0.05) is 16.6 Å². The number of likely N-dealkylation sites (tertiary alicyclic amines) is 1. The number of Topliss-reactive ketones (excluding diaryl/α,β-unsaturated/α-hetero) is 1. The van der Waals surface area contributed by atoms with Crippen molar-refractivity contribution in [1.82, 2.24) is 4.90 Å². The van der Waals surface area contributed by atoms with E-state index in [1.165, 1.54) is 4.90 Å². The van der Waals surface area contributed by atoms with Crippen molar-refractivity contribution in [2.75, 3.05) is 26.4 Å². The van der Waals surface area contributed by atoms with E-state index >= 15 is 0 Å². The van der Waals surface area contributed by atoms with Crippen molar-refractivity contribution in [3.8, 4) is 0 Å². The molecule has 0 aromatic heterocycles. The van der Waals surface area contributed by atoms with Crippen LogP contribution in [0.1, 0.15) is 17.2 Å². The number of benzene rings is 2. The first-order valence-electron chi connectivity index (χ1n) is 8.82. The van der Waals surface area contributed by atoms with E-state index in [2.05, 4.69) is 15.9 Å². The Labute approximate surface area is 171 Å². The van der Waals surface area contributed by atoms with E-state index in [0.29, 0.717) is 11.1 Å². The van der Waals surface area contributed by atoms with E-state index in [4.69, 9.17) is 9.84 Å². The van der Waals surface area contributed by atoms with Crippen molar-refractivity contribution < 1.29 is 24.5 Å². The normalized spacial score (nSPS) is 18.6. The number of nitrogens with zero attached hydrogens (tertiary/aromatic N) is 1. The molecule has 1 unspecified atom stereocenters. The summed E-state index contributed by atoms with van der Waals surface area (Å²) in [6, 6.07) is 15.2. The van der Waals surface area contributed by atoms with Gasteiger partial charge < -0.3 is 19.8 Å². The second kappa shape index (κ2) is 9.14. The topological polar surface area (TPSA) is 87.1 Å². The van der Waals surface area contributed by atoms with Crippen LogP contribution in [-0.2, 0) is 14.3 Å². The summed E-state index contributed by atoms with van der Waals surface area (Å²) in [5.74, 6) is -1.62. The number of amides is 1. The molecule has 0 spiro atoms. The molecule has 0 aliphatic carbocycles. The van der Waals surface area contributed by atoms with Gasteiger partial charge in [0.25, 0.3) is 11.7 Å². The predicted molar refractivity (Wildman–Crippen MR) is 107 cm³/mol. The minimum absolute atomic E-state index is 0.0523. The minimum Gasteiger partial charge on any atom is -0.507 e. The molecule has 1 amide bonds. The van der Waals surface area contributed by atoms with E-state index in [1.807, 2.05) is 18.2 Å². The van der Waals surface area contributed by atoms with Crippen LogP contribution in [-0.4, -0.2) is 53.2 Å². The maximum absolute atomic E-state index is 12.8. The lowest BCUT2D eigenvalue weighted by Gasteiger charge is -2.25. The molecule has 28 heavy (non-hydrogen) atoms. The Kier molecular flexibility index (Phi) is 6.61. The van der Waals surface area contributed by atoms with Gasteiger partial charge in [-0.2, -0.15) is 0 Å². The van der Waals surface area contributed by atoms with Crippen LogP contribution < -0.4 is 0 Å². The summed E-state index contributed by atoms with van der Waals surface area (Å²) in [6.45, 7) is 0.355. The molecule has 1 saturated heterocycles. The Morgan fingerprint density at radius 2 is 1.82 bits per heavy atom. The second-order valence-corrected chi connectivity index (χ2v) is 7.17.